The van der Waals surface area contributed by atoms with Crippen LogP contribution < -0.4 is 5.32 Å². The topological polar surface area (TPSA) is 25.2 Å². The van der Waals surface area contributed by atoms with Crippen LogP contribution in [0.15, 0.2) is 21.2 Å². The summed E-state index contributed by atoms with van der Waals surface area (Å²) in [4.78, 5) is 0. The summed E-state index contributed by atoms with van der Waals surface area (Å²) in [6.07, 6.45) is 7.42. The van der Waals surface area contributed by atoms with Gasteiger partial charge in [-0.25, -0.2) is 0 Å². The van der Waals surface area contributed by atoms with E-state index in [0.29, 0.717) is 6.04 Å². The van der Waals surface area contributed by atoms with Crippen molar-refractivity contribution in [1.82, 2.24) is 5.32 Å². The lowest BCUT2D eigenvalue weighted by molar-refractivity contribution is -0.0551. The van der Waals surface area contributed by atoms with Crippen molar-refractivity contribution in [2.24, 2.45) is 29.6 Å². The van der Waals surface area contributed by atoms with Crippen molar-refractivity contribution < 1.29 is 4.42 Å². The average molecular weight is 338 g/mol. The first-order chi connectivity index (χ1) is 9.74. The average Bonchev–Trinajstić information content (AvgIpc) is 2.83. The summed E-state index contributed by atoms with van der Waals surface area (Å²) in [7, 11) is 0. The molecule has 4 aliphatic rings. The summed E-state index contributed by atoms with van der Waals surface area (Å²) >= 11 is 3.46. The molecule has 4 fully saturated rings. The number of hydrogen-bond donors (Lipinski definition) is 1. The van der Waals surface area contributed by atoms with E-state index in [1.807, 2.05) is 6.07 Å². The van der Waals surface area contributed by atoms with E-state index < -0.39 is 0 Å². The molecule has 0 spiro atoms. The summed E-state index contributed by atoms with van der Waals surface area (Å²) in [5, 5.41) is 3.73. The lowest BCUT2D eigenvalue weighted by atomic mass is 9.50. The Morgan fingerprint density at radius 1 is 1.15 bits per heavy atom. The predicted molar refractivity (Wildman–Crippen MR) is 83.4 cm³/mol. The fourth-order valence-corrected chi connectivity index (χ4v) is 5.97. The first kappa shape index (κ1) is 13.4. The second kappa shape index (κ2) is 5.17. The first-order valence-electron chi connectivity index (χ1n) is 8.23. The van der Waals surface area contributed by atoms with Gasteiger partial charge in [0.15, 0.2) is 4.67 Å². The summed E-state index contributed by atoms with van der Waals surface area (Å²) in [6.45, 7) is 3.23. The fraction of sp³-hybridized carbons (Fsp3) is 0.765. The lowest BCUT2D eigenvalue weighted by Crippen LogP contribution is -2.49. The zero-order valence-corrected chi connectivity index (χ0v) is 13.7. The predicted octanol–water partition coefficient (Wildman–Crippen LogP) is 4.77. The van der Waals surface area contributed by atoms with Crippen molar-refractivity contribution in [2.45, 2.75) is 45.1 Å². The van der Waals surface area contributed by atoms with E-state index in [1.165, 1.54) is 32.1 Å². The molecule has 1 aromatic heterocycles. The van der Waals surface area contributed by atoms with Crippen LogP contribution in [0.2, 0.25) is 0 Å². The molecule has 0 aromatic carbocycles. The minimum Gasteiger partial charge on any atom is -0.453 e. The zero-order chi connectivity index (χ0) is 13.7. The second-order valence-electron chi connectivity index (χ2n) is 7.19. The van der Waals surface area contributed by atoms with E-state index in [2.05, 4.69) is 34.2 Å². The third-order valence-electron chi connectivity index (χ3n) is 6.01. The Bertz CT molecular complexity index is 455. The summed E-state index contributed by atoms with van der Waals surface area (Å²) in [5.74, 6) is 5.87. The maximum Gasteiger partial charge on any atom is 0.169 e. The van der Waals surface area contributed by atoms with E-state index in [-0.39, 0.29) is 0 Å². The van der Waals surface area contributed by atoms with Crippen LogP contribution in [-0.4, -0.2) is 6.54 Å². The van der Waals surface area contributed by atoms with Gasteiger partial charge in [-0.2, -0.15) is 0 Å². The minimum absolute atomic E-state index is 0.418. The molecule has 1 unspecified atom stereocenters. The smallest absolute Gasteiger partial charge is 0.169 e. The van der Waals surface area contributed by atoms with Crippen molar-refractivity contribution in [3.05, 3.63) is 22.6 Å². The molecule has 1 N–H and O–H groups in total. The molecular weight excluding hydrogens is 314 g/mol. The van der Waals surface area contributed by atoms with Gasteiger partial charge in [-0.1, -0.05) is 6.92 Å². The van der Waals surface area contributed by atoms with E-state index in [0.717, 1.165) is 46.6 Å². The van der Waals surface area contributed by atoms with Crippen LogP contribution in [0.1, 0.15) is 50.8 Å². The van der Waals surface area contributed by atoms with Crippen molar-refractivity contribution in [1.29, 1.82) is 0 Å². The number of hydrogen-bond acceptors (Lipinski definition) is 2. The summed E-state index contributed by atoms with van der Waals surface area (Å²) < 4.78 is 6.77. The Hall–Kier alpha value is -0.280. The van der Waals surface area contributed by atoms with Gasteiger partial charge in [-0.05, 0) is 96.3 Å². The molecule has 4 saturated carbocycles. The SMILES string of the molecule is CCNC(c1ccc(Br)o1)C1C2CC3CC(C2)CC1C3. The number of furan rings is 1. The van der Waals surface area contributed by atoms with Gasteiger partial charge in [0.2, 0.25) is 0 Å². The van der Waals surface area contributed by atoms with Crippen molar-refractivity contribution in [2.75, 3.05) is 6.54 Å². The van der Waals surface area contributed by atoms with Gasteiger partial charge >= 0.3 is 0 Å². The van der Waals surface area contributed by atoms with Crippen LogP contribution in [0, 0.1) is 29.6 Å². The maximum atomic E-state index is 5.91. The lowest BCUT2D eigenvalue weighted by Gasteiger charge is -2.56. The molecule has 4 aliphatic carbocycles. The van der Waals surface area contributed by atoms with Crippen LogP contribution in [0.3, 0.4) is 0 Å². The van der Waals surface area contributed by atoms with Gasteiger partial charge in [0, 0.05) is 0 Å². The van der Waals surface area contributed by atoms with Crippen LogP contribution in [0.5, 0.6) is 0 Å². The van der Waals surface area contributed by atoms with E-state index >= 15 is 0 Å². The molecule has 3 heteroatoms. The zero-order valence-electron chi connectivity index (χ0n) is 12.1. The third kappa shape index (κ3) is 2.18. The molecule has 20 heavy (non-hydrogen) atoms. The molecule has 1 aromatic rings. The van der Waals surface area contributed by atoms with E-state index in [9.17, 15) is 0 Å². The molecule has 0 amide bonds. The normalized spacial score (nSPS) is 40.2. The number of nitrogens with one attached hydrogen (secondary N) is 1. The van der Waals surface area contributed by atoms with Gasteiger partial charge < -0.3 is 9.73 Å². The van der Waals surface area contributed by atoms with Gasteiger partial charge in [0.25, 0.3) is 0 Å². The van der Waals surface area contributed by atoms with Crippen LogP contribution >= 0.6 is 15.9 Å². The van der Waals surface area contributed by atoms with Gasteiger partial charge in [0.05, 0.1) is 6.04 Å². The quantitative estimate of drug-likeness (QED) is 0.856. The molecule has 0 radical (unpaired) electrons. The molecule has 110 valence electrons. The highest BCUT2D eigenvalue weighted by Crippen LogP contribution is 2.59. The van der Waals surface area contributed by atoms with Crippen LogP contribution in [0.4, 0.5) is 0 Å². The Kier molecular flexibility index (Phi) is 3.46. The summed E-state index contributed by atoms with van der Waals surface area (Å²) in [5.41, 5.74) is 0. The monoisotopic (exact) mass is 337 g/mol. The highest BCUT2D eigenvalue weighted by atomic mass is 79.9. The molecule has 0 saturated heterocycles. The molecule has 0 aliphatic heterocycles. The van der Waals surface area contributed by atoms with E-state index in [4.69, 9.17) is 4.42 Å². The molecule has 4 bridgehead atoms. The van der Waals surface area contributed by atoms with Gasteiger partial charge in [-0.15, -0.1) is 0 Å². The molecule has 1 heterocycles. The maximum absolute atomic E-state index is 5.91. The Balaban J connectivity index is 1.63. The fourth-order valence-electron chi connectivity index (χ4n) is 5.65. The minimum atomic E-state index is 0.418. The van der Waals surface area contributed by atoms with E-state index in [1.54, 1.807) is 0 Å². The highest BCUT2D eigenvalue weighted by Gasteiger charge is 2.51. The molecular formula is C17H24BrNO. The second-order valence-corrected chi connectivity index (χ2v) is 7.97. The van der Waals surface area contributed by atoms with Crippen molar-refractivity contribution in [3.8, 4) is 0 Å². The third-order valence-corrected chi connectivity index (χ3v) is 6.44. The van der Waals surface area contributed by atoms with Crippen LogP contribution in [-0.2, 0) is 0 Å². The standard InChI is InChI=1S/C17H24BrNO/c1-2-19-17(14-3-4-15(18)20-14)16-12-6-10-5-11(8-12)9-13(16)7-10/h3-4,10-13,16-17,19H,2,5-9H2,1H3. The van der Waals surface area contributed by atoms with Crippen LogP contribution in [0.25, 0.3) is 0 Å². The van der Waals surface area contributed by atoms with Crippen molar-refractivity contribution >= 4 is 15.9 Å². The number of rotatable bonds is 4. The Morgan fingerprint density at radius 2 is 1.80 bits per heavy atom. The molecule has 1 atom stereocenters. The molecule has 2 nitrogen and oxygen atoms in total. The Labute approximate surface area is 129 Å². The van der Waals surface area contributed by atoms with Gasteiger partial charge in [-0.3, -0.25) is 0 Å². The first-order valence-corrected chi connectivity index (χ1v) is 9.02. The summed E-state index contributed by atoms with van der Waals surface area (Å²) in [6, 6.07) is 4.61. The van der Waals surface area contributed by atoms with Crippen molar-refractivity contribution in [3.63, 3.8) is 0 Å². The number of halogens is 1. The van der Waals surface area contributed by atoms with Gasteiger partial charge in [0.1, 0.15) is 5.76 Å². The Morgan fingerprint density at radius 3 is 2.30 bits per heavy atom. The highest BCUT2D eigenvalue weighted by molar-refractivity contribution is 9.10. The molecule has 5 rings (SSSR count). The largest absolute Gasteiger partial charge is 0.453 e.